The molecule has 0 saturated heterocycles. The summed E-state index contributed by atoms with van der Waals surface area (Å²) in [5.74, 6) is 0. The van der Waals surface area contributed by atoms with Crippen LogP contribution < -0.4 is 5.32 Å². The molecular weight excluding hydrogens is 305 g/mol. The van der Waals surface area contributed by atoms with Crippen molar-refractivity contribution < 1.29 is 0 Å². The number of nitrogens with zero attached hydrogens (tertiary/aromatic N) is 2. The van der Waals surface area contributed by atoms with E-state index in [1.807, 2.05) is 10.7 Å². The highest BCUT2D eigenvalue weighted by Gasteiger charge is 2.07. The number of anilines is 1. The third kappa shape index (κ3) is 3.56. The van der Waals surface area contributed by atoms with Crippen molar-refractivity contribution in [2.45, 2.75) is 26.4 Å². The number of aromatic nitrogens is 2. The summed E-state index contributed by atoms with van der Waals surface area (Å²) < 4.78 is 1.97. The van der Waals surface area contributed by atoms with Gasteiger partial charge in [0.2, 0.25) is 0 Å². The van der Waals surface area contributed by atoms with Gasteiger partial charge in [-0.25, -0.2) is 0 Å². The van der Waals surface area contributed by atoms with Crippen LogP contribution in [0.15, 0.2) is 24.4 Å². The number of halogens is 3. The van der Waals surface area contributed by atoms with E-state index in [1.54, 1.807) is 18.3 Å². The van der Waals surface area contributed by atoms with Gasteiger partial charge in [0.25, 0.3) is 0 Å². The van der Waals surface area contributed by atoms with Gasteiger partial charge >= 0.3 is 0 Å². The predicted molar refractivity (Wildman–Crippen MR) is 81.3 cm³/mol. The molecule has 1 aromatic carbocycles. The fraction of sp³-hybridized carbons (Fsp3) is 0.308. The first-order valence-corrected chi connectivity index (χ1v) is 7.14. The molecule has 0 aliphatic rings. The molecule has 2 aromatic rings. The van der Waals surface area contributed by atoms with Crippen LogP contribution in [0.25, 0.3) is 0 Å². The maximum absolute atomic E-state index is 6.11. The van der Waals surface area contributed by atoms with E-state index >= 15 is 0 Å². The van der Waals surface area contributed by atoms with Gasteiger partial charge in [-0.2, -0.15) is 5.10 Å². The molecule has 0 bridgehead atoms. The lowest BCUT2D eigenvalue weighted by Gasteiger charge is -2.11. The molecular formula is C13H14Cl3N3. The zero-order chi connectivity index (χ0) is 13.8. The second kappa shape index (κ2) is 6.51. The lowest BCUT2D eigenvalue weighted by Crippen LogP contribution is -2.09. The fourth-order valence-electron chi connectivity index (χ4n) is 1.77. The summed E-state index contributed by atoms with van der Waals surface area (Å²) in [6.45, 7) is 3.66. The lowest BCUT2D eigenvalue weighted by molar-refractivity contribution is 0.578. The Bertz CT molecular complexity index is 566. The zero-order valence-corrected chi connectivity index (χ0v) is 12.7. The number of hydrogen-bond acceptors (Lipinski definition) is 2. The molecule has 2 rings (SSSR count). The van der Waals surface area contributed by atoms with Gasteiger partial charge in [-0.3, -0.25) is 4.68 Å². The van der Waals surface area contributed by atoms with E-state index in [4.69, 9.17) is 34.8 Å². The van der Waals surface area contributed by atoms with Crippen molar-refractivity contribution in [3.63, 3.8) is 0 Å². The summed E-state index contributed by atoms with van der Waals surface area (Å²) in [7, 11) is 0. The van der Waals surface area contributed by atoms with Gasteiger partial charge in [-0.05, 0) is 24.6 Å². The molecule has 1 aromatic heterocycles. The number of aryl methyl sites for hydroxylation is 1. The lowest BCUT2D eigenvalue weighted by atomic mass is 10.3. The smallest absolute Gasteiger partial charge is 0.0653 e. The Hall–Kier alpha value is -0.900. The molecule has 0 aliphatic heterocycles. The largest absolute Gasteiger partial charge is 0.378 e. The summed E-state index contributed by atoms with van der Waals surface area (Å²) in [5, 5.41) is 9.00. The van der Waals surface area contributed by atoms with Crippen molar-refractivity contribution in [2.75, 3.05) is 5.32 Å². The Labute approximate surface area is 127 Å². The molecule has 0 spiro atoms. The summed E-state index contributed by atoms with van der Waals surface area (Å²) in [6.07, 6.45) is 2.84. The van der Waals surface area contributed by atoms with E-state index in [0.717, 1.165) is 24.3 Å². The Balaban J connectivity index is 2.10. The monoisotopic (exact) mass is 317 g/mol. The number of nitrogens with one attached hydrogen (secondary N) is 1. The van der Waals surface area contributed by atoms with Crippen LogP contribution in [0.4, 0.5) is 5.69 Å². The van der Waals surface area contributed by atoms with Crippen LogP contribution in [0.2, 0.25) is 15.1 Å². The van der Waals surface area contributed by atoms with Gasteiger partial charge in [0.05, 0.1) is 33.0 Å². The SMILES string of the molecule is CCCn1nccc1CNc1cc(Cl)c(Cl)cc1Cl. The maximum Gasteiger partial charge on any atom is 0.0653 e. The molecule has 1 heterocycles. The van der Waals surface area contributed by atoms with Crippen LogP contribution in [-0.2, 0) is 13.1 Å². The average Bonchev–Trinajstić information content (AvgIpc) is 2.80. The summed E-state index contributed by atoms with van der Waals surface area (Å²) in [4.78, 5) is 0. The Morgan fingerprint density at radius 1 is 1.16 bits per heavy atom. The molecule has 0 aliphatic carbocycles. The Morgan fingerprint density at radius 2 is 1.89 bits per heavy atom. The van der Waals surface area contributed by atoms with Crippen LogP contribution in [0.5, 0.6) is 0 Å². The van der Waals surface area contributed by atoms with Gasteiger partial charge in [0.15, 0.2) is 0 Å². The van der Waals surface area contributed by atoms with E-state index in [1.165, 1.54) is 0 Å². The highest BCUT2D eigenvalue weighted by atomic mass is 35.5. The van der Waals surface area contributed by atoms with Gasteiger partial charge in [-0.1, -0.05) is 41.7 Å². The summed E-state index contributed by atoms with van der Waals surface area (Å²) in [6, 6.07) is 5.35. The number of rotatable bonds is 5. The highest BCUT2D eigenvalue weighted by molar-refractivity contribution is 6.44. The Morgan fingerprint density at radius 3 is 2.63 bits per heavy atom. The molecule has 19 heavy (non-hydrogen) atoms. The van der Waals surface area contributed by atoms with Gasteiger partial charge in [0, 0.05) is 12.7 Å². The molecule has 0 amide bonds. The van der Waals surface area contributed by atoms with Crippen LogP contribution in [-0.4, -0.2) is 9.78 Å². The Kier molecular flexibility index (Phi) is 4.97. The van der Waals surface area contributed by atoms with Crippen LogP contribution >= 0.6 is 34.8 Å². The van der Waals surface area contributed by atoms with E-state index in [9.17, 15) is 0 Å². The van der Waals surface area contributed by atoms with Crippen LogP contribution in [0.1, 0.15) is 19.0 Å². The van der Waals surface area contributed by atoms with Crippen molar-refractivity contribution >= 4 is 40.5 Å². The topological polar surface area (TPSA) is 29.9 Å². The van der Waals surface area contributed by atoms with E-state index in [-0.39, 0.29) is 0 Å². The molecule has 102 valence electrons. The second-order valence-electron chi connectivity index (χ2n) is 4.15. The molecule has 0 unspecified atom stereocenters. The standard InChI is InChI=1S/C13H14Cl3N3/c1-2-5-19-9(3-4-18-19)8-17-13-7-11(15)10(14)6-12(13)16/h3-4,6-7,17H,2,5,8H2,1H3. The maximum atomic E-state index is 6.11. The third-order valence-electron chi connectivity index (χ3n) is 2.71. The fourth-order valence-corrected chi connectivity index (χ4v) is 2.38. The zero-order valence-electron chi connectivity index (χ0n) is 10.5. The van der Waals surface area contributed by atoms with Crippen molar-refractivity contribution in [1.82, 2.24) is 9.78 Å². The normalized spacial score (nSPS) is 10.7. The van der Waals surface area contributed by atoms with E-state index in [2.05, 4.69) is 17.3 Å². The van der Waals surface area contributed by atoms with Crippen LogP contribution in [0, 0.1) is 0 Å². The molecule has 0 fully saturated rings. The quantitative estimate of drug-likeness (QED) is 0.797. The predicted octanol–water partition coefficient (Wildman–Crippen LogP) is 4.87. The number of benzene rings is 1. The van der Waals surface area contributed by atoms with Gasteiger partial charge in [0.1, 0.15) is 0 Å². The molecule has 0 atom stereocenters. The minimum Gasteiger partial charge on any atom is -0.378 e. The molecule has 0 saturated carbocycles. The molecule has 6 heteroatoms. The minimum atomic E-state index is 0.452. The van der Waals surface area contributed by atoms with Gasteiger partial charge in [-0.15, -0.1) is 0 Å². The average molecular weight is 319 g/mol. The van der Waals surface area contributed by atoms with Crippen molar-refractivity contribution in [3.8, 4) is 0 Å². The minimum absolute atomic E-state index is 0.452. The van der Waals surface area contributed by atoms with Gasteiger partial charge < -0.3 is 5.32 Å². The van der Waals surface area contributed by atoms with E-state index < -0.39 is 0 Å². The summed E-state index contributed by atoms with van der Waals surface area (Å²) in [5.41, 5.74) is 1.87. The third-order valence-corrected chi connectivity index (χ3v) is 3.74. The highest BCUT2D eigenvalue weighted by Crippen LogP contribution is 2.32. The molecule has 3 nitrogen and oxygen atoms in total. The first kappa shape index (κ1) is 14.5. The summed E-state index contributed by atoms with van der Waals surface area (Å²) >= 11 is 18.0. The molecule has 1 N–H and O–H groups in total. The van der Waals surface area contributed by atoms with Crippen molar-refractivity contribution in [1.29, 1.82) is 0 Å². The van der Waals surface area contributed by atoms with Crippen molar-refractivity contribution in [2.24, 2.45) is 0 Å². The second-order valence-corrected chi connectivity index (χ2v) is 5.37. The van der Waals surface area contributed by atoms with E-state index in [0.29, 0.717) is 21.6 Å². The van der Waals surface area contributed by atoms with Crippen molar-refractivity contribution in [3.05, 3.63) is 45.2 Å². The number of hydrogen-bond donors (Lipinski definition) is 1. The first-order valence-electron chi connectivity index (χ1n) is 6.01. The molecule has 0 radical (unpaired) electrons. The first-order chi connectivity index (χ1) is 9.11. The van der Waals surface area contributed by atoms with Crippen LogP contribution in [0.3, 0.4) is 0 Å².